The van der Waals surface area contributed by atoms with Crippen molar-refractivity contribution in [2.75, 3.05) is 57.9 Å². The van der Waals surface area contributed by atoms with Gasteiger partial charge in [-0.25, -0.2) is 4.98 Å². The van der Waals surface area contributed by atoms with E-state index >= 15 is 0 Å². The monoisotopic (exact) mass is 410 g/mol. The Morgan fingerprint density at radius 3 is 2.50 bits per heavy atom. The summed E-state index contributed by atoms with van der Waals surface area (Å²) in [7, 11) is 2.16. The molecule has 0 spiro atoms. The summed E-state index contributed by atoms with van der Waals surface area (Å²) in [4.78, 5) is 24.5. The van der Waals surface area contributed by atoms with Crippen LogP contribution in [-0.4, -0.2) is 73.7 Å². The number of piperazine rings is 1. The number of oxazole rings is 1. The summed E-state index contributed by atoms with van der Waals surface area (Å²) in [5.74, 6) is 2.19. The first-order valence-electron chi connectivity index (χ1n) is 11.1. The van der Waals surface area contributed by atoms with E-state index in [4.69, 9.17) is 14.1 Å². The number of fused-ring (bicyclic) bond motifs is 1. The van der Waals surface area contributed by atoms with E-state index in [0.29, 0.717) is 19.0 Å². The number of ether oxygens (including phenoxy) is 1. The molecule has 2 aromatic rings. The zero-order chi connectivity index (χ0) is 20.5. The fourth-order valence-electron chi connectivity index (χ4n) is 4.57. The topological polar surface area (TPSA) is 62.0 Å². The first-order chi connectivity index (χ1) is 14.7. The first-order valence-corrected chi connectivity index (χ1v) is 11.1. The molecule has 0 bridgehead atoms. The van der Waals surface area contributed by atoms with Crippen LogP contribution in [0.25, 0.3) is 0 Å². The van der Waals surface area contributed by atoms with Crippen LogP contribution in [0.15, 0.2) is 28.7 Å². The van der Waals surface area contributed by atoms with Gasteiger partial charge in [0.05, 0.1) is 6.54 Å². The fraction of sp³-hybridized carbons (Fsp3) is 0.565. The highest BCUT2D eigenvalue weighted by molar-refractivity contribution is 5.94. The van der Waals surface area contributed by atoms with E-state index in [2.05, 4.69) is 29.0 Å². The number of carbonyl (C=O) groups is 1. The van der Waals surface area contributed by atoms with E-state index in [9.17, 15) is 4.79 Å². The lowest BCUT2D eigenvalue weighted by atomic mass is 10.0. The molecule has 4 heterocycles. The maximum atomic E-state index is 13.1. The van der Waals surface area contributed by atoms with Crippen LogP contribution >= 0.6 is 0 Å². The van der Waals surface area contributed by atoms with Crippen LogP contribution < -0.4 is 4.90 Å². The van der Waals surface area contributed by atoms with E-state index in [-0.39, 0.29) is 5.91 Å². The highest BCUT2D eigenvalue weighted by atomic mass is 16.5. The van der Waals surface area contributed by atoms with Crippen molar-refractivity contribution in [3.05, 3.63) is 47.2 Å². The van der Waals surface area contributed by atoms with Gasteiger partial charge in [-0.3, -0.25) is 4.79 Å². The van der Waals surface area contributed by atoms with Crippen molar-refractivity contribution in [3.8, 4) is 0 Å². The Morgan fingerprint density at radius 1 is 1.03 bits per heavy atom. The van der Waals surface area contributed by atoms with Gasteiger partial charge < -0.3 is 23.9 Å². The van der Waals surface area contributed by atoms with Gasteiger partial charge >= 0.3 is 0 Å². The number of hydrogen-bond acceptors (Lipinski definition) is 6. The molecule has 1 aromatic heterocycles. The molecule has 7 nitrogen and oxygen atoms in total. The van der Waals surface area contributed by atoms with Gasteiger partial charge in [0.25, 0.3) is 5.91 Å². The van der Waals surface area contributed by atoms with E-state index < -0.39 is 0 Å². The molecule has 2 fully saturated rings. The number of rotatable bonds is 3. The number of amides is 1. The lowest BCUT2D eigenvalue weighted by molar-refractivity contribution is 0.0726. The summed E-state index contributed by atoms with van der Waals surface area (Å²) < 4.78 is 11.5. The summed E-state index contributed by atoms with van der Waals surface area (Å²) in [6, 6.07) is 8.07. The van der Waals surface area contributed by atoms with E-state index in [1.807, 2.05) is 17.0 Å². The third-order valence-electron chi connectivity index (χ3n) is 6.58. The Kier molecular flexibility index (Phi) is 5.48. The quantitative estimate of drug-likeness (QED) is 0.775. The smallest absolute Gasteiger partial charge is 0.254 e. The molecule has 2 saturated heterocycles. The summed E-state index contributed by atoms with van der Waals surface area (Å²) in [5.41, 5.74) is 2.85. The van der Waals surface area contributed by atoms with E-state index in [0.717, 1.165) is 81.6 Å². The Labute approximate surface area is 177 Å². The van der Waals surface area contributed by atoms with Crippen molar-refractivity contribution in [1.82, 2.24) is 14.8 Å². The van der Waals surface area contributed by atoms with Gasteiger partial charge in [-0.2, -0.15) is 0 Å². The van der Waals surface area contributed by atoms with Gasteiger partial charge in [-0.05, 0) is 44.2 Å². The molecular formula is C23H30N4O3. The maximum Gasteiger partial charge on any atom is 0.254 e. The average molecular weight is 411 g/mol. The van der Waals surface area contributed by atoms with Crippen molar-refractivity contribution in [3.63, 3.8) is 0 Å². The van der Waals surface area contributed by atoms with Crippen molar-refractivity contribution in [1.29, 1.82) is 0 Å². The number of hydrogen-bond donors (Lipinski definition) is 0. The van der Waals surface area contributed by atoms with Crippen LogP contribution in [0.3, 0.4) is 0 Å². The van der Waals surface area contributed by atoms with Gasteiger partial charge in [-0.1, -0.05) is 0 Å². The molecule has 3 aliphatic heterocycles. The molecule has 160 valence electrons. The zero-order valence-electron chi connectivity index (χ0n) is 17.7. The first kappa shape index (κ1) is 19.6. The van der Waals surface area contributed by atoms with Crippen LogP contribution in [0, 0.1) is 0 Å². The summed E-state index contributed by atoms with van der Waals surface area (Å²) in [5, 5.41) is 0. The van der Waals surface area contributed by atoms with Crippen molar-refractivity contribution < 1.29 is 13.9 Å². The molecular weight excluding hydrogens is 380 g/mol. The zero-order valence-corrected chi connectivity index (χ0v) is 17.7. The molecule has 1 amide bonds. The Bertz CT molecular complexity index is 880. The fourth-order valence-corrected chi connectivity index (χ4v) is 4.57. The van der Waals surface area contributed by atoms with E-state index in [1.54, 1.807) is 0 Å². The molecule has 5 rings (SSSR count). The van der Waals surface area contributed by atoms with Crippen LogP contribution in [0.2, 0.25) is 0 Å². The van der Waals surface area contributed by atoms with Gasteiger partial charge in [0.1, 0.15) is 11.5 Å². The van der Waals surface area contributed by atoms with Crippen molar-refractivity contribution in [2.45, 2.75) is 31.7 Å². The molecule has 0 radical (unpaired) electrons. The van der Waals surface area contributed by atoms with Crippen LogP contribution in [0.1, 0.15) is 46.5 Å². The highest BCUT2D eigenvalue weighted by Crippen LogP contribution is 2.30. The normalized spacial score (nSPS) is 21.0. The Balaban J connectivity index is 1.24. The van der Waals surface area contributed by atoms with Gasteiger partial charge in [0, 0.05) is 69.5 Å². The molecule has 7 heteroatoms. The number of likely N-dealkylation sites (N-methyl/N-ethyl adjacent to an activating group) is 1. The predicted octanol–water partition coefficient (Wildman–Crippen LogP) is 2.52. The molecule has 0 atom stereocenters. The van der Waals surface area contributed by atoms with Crippen molar-refractivity contribution >= 4 is 11.6 Å². The maximum absolute atomic E-state index is 13.1. The van der Waals surface area contributed by atoms with Gasteiger partial charge in [0.2, 0.25) is 0 Å². The van der Waals surface area contributed by atoms with Crippen LogP contribution in [0.5, 0.6) is 0 Å². The van der Waals surface area contributed by atoms with E-state index in [1.165, 1.54) is 5.69 Å². The Morgan fingerprint density at radius 2 is 1.77 bits per heavy atom. The predicted molar refractivity (Wildman–Crippen MR) is 114 cm³/mol. The number of benzene rings is 1. The third kappa shape index (κ3) is 3.96. The molecule has 1 aromatic carbocycles. The second-order valence-corrected chi connectivity index (χ2v) is 8.62. The average Bonchev–Trinajstić information content (AvgIpc) is 3.23. The lowest BCUT2D eigenvalue weighted by Gasteiger charge is -2.34. The van der Waals surface area contributed by atoms with Crippen LogP contribution in [0.4, 0.5) is 5.69 Å². The molecule has 0 unspecified atom stereocenters. The number of aromatic nitrogens is 1. The minimum absolute atomic E-state index is 0.0705. The number of anilines is 1. The number of nitrogens with zero attached hydrogens (tertiary/aromatic N) is 4. The van der Waals surface area contributed by atoms with Crippen molar-refractivity contribution in [2.24, 2.45) is 0 Å². The molecule has 3 aliphatic rings. The third-order valence-corrected chi connectivity index (χ3v) is 6.58. The second-order valence-electron chi connectivity index (χ2n) is 8.62. The molecule has 0 saturated carbocycles. The largest absolute Gasteiger partial charge is 0.445 e. The standard InChI is InChI=1S/C23H30N4O3/c1-25-10-12-26(13-11-25)19-4-2-18(3-5-19)23(28)27-9-6-21-20(16-27)24-22(30-21)17-7-14-29-15-8-17/h2-5,17H,6-16H2,1H3. The van der Waals surface area contributed by atoms with Gasteiger partial charge in [-0.15, -0.1) is 0 Å². The molecule has 30 heavy (non-hydrogen) atoms. The number of carbonyl (C=O) groups excluding carboxylic acids is 1. The molecule has 0 N–H and O–H groups in total. The SMILES string of the molecule is CN1CCN(c2ccc(C(=O)N3CCc4oc(C5CCOCC5)nc4C3)cc2)CC1. The van der Waals surface area contributed by atoms with Crippen LogP contribution in [-0.2, 0) is 17.7 Å². The summed E-state index contributed by atoms with van der Waals surface area (Å²) in [6.07, 6.45) is 2.65. The molecule has 0 aliphatic carbocycles. The highest BCUT2D eigenvalue weighted by Gasteiger charge is 2.29. The summed E-state index contributed by atoms with van der Waals surface area (Å²) in [6.45, 7) is 6.95. The van der Waals surface area contributed by atoms with Gasteiger partial charge in [0.15, 0.2) is 5.89 Å². The minimum Gasteiger partial charge on any atom is -0.445 e. The Hall–Kier alpha value is -2.38. The minimum atomic E-state index is 0.0705. The lowest BCUT2D eigenvalue weighted by Crippen LogP contribution is -2.44. The second kappa shape index (κ2) is 8.40. The summed E-state index contributed by atoms with van der Waals surface area (Å²) >= 11 is 0.